The van der Waals surface area contributed by atoms with Gasteiger partial charge in [-0.3, -0.25) is 4.79 Å². The van der Waals surface area contributed by atoms with Crippen LogP contribution in [0.1, 0.15) is 41.3 Å². The van der Waals surface area contributed by atoms with Crippen molar-refractivity contribution in [2.45, 2.75) is 26.7 Å². The Hall–Kier alpha value is -4.06. The van der Waals surface area contributed by atoms with Crippen LogP contribution in [0, 0.1) is 6.92 Å². The fraction of sp³-hybridized carbons (Fsp3) is 0.154. The highest BCUT2D eigenvalue weighted by atomic mass is 16.5. The molecule has 0 saturated heterocycles. The van der Waals surface area contributed by atoms with Gasteiger partial charge >= 0.3 is 0 Å². The first-order valence-corrected chi connectivity index (χ1v) is 10.4. The summed E-state index contributed by atoms with van der Waals surface area (Å²) in [6.45, 7) is 6.17. The largest absolute Gasteiger partial charge is 0.438 e. The average molecular weight is 425 g/mol. The number of ether oxygens (including phenoxy) is 1. The number of anilines is 1. The third-order valence-corrected chi connectivity index (χ3v) is 5.10. The van der Waals surface area contributed by atoms with Gasteiger partial charge in [0.25, 0.3) is 5.91 Å². The smallest absolute Gasteiger partial charge is 0.255 e. The fourth-order valence-corrected chi connectivity index (χ4v) is 3.25. The number of aryl methyl sites for hydroxylation is 1. The van der Waals surface area contributed by atoms with Gasteiger partial charge in [-0.25, -0.2) is 15.0 Å². The summed E-state index contributed by atoms with van der Waals surface area (Å²) in [4.78, 5) is 25.5. The van der Waals surface area contributed by atoms with Crippen molar-refractivity contribution >= 4 is 11.6 Å². The van der Waals surface area contributed by atoms with Crippen LogP contribution in [0.2, 0.25) is 0 Å². The third-order valence-electron chi connectivity index (χ3n) is 5.10. The second-order valence-corrected chi connectivity index (χ2v) is 7.77. The van der Waals surface area contributed by atoms with E-state index >= 15 is 0 Å². The van der Waals surface area contributed by atoms with Crippen LogP contribution in [0.25, 0.3) is 11.3 Å². The number of benzene rings is 2. The van der Waals surface area contributed by atoms with E-state index in [1.54, 1.807) is 30.6 Å². The Balaban J connectivity index is 1.59. The van der Waals surface area contributed by atoms with Crippen molar-refractivity contribution in [3.05, 3.63) is 96.1 Å². The van der Waals surface area contributed by atoms with Crippen molar-refractivity contribution in [2.24, 2.45) is 0 Å². The van der Waals surface area contributed by atoms with Gasteiger partial charge in [-0.15, -0.1) is 0 Å². The maximum Gasteiger partial charge on any atom is 0.255 e. The molecule has 0 saturated carbocycles. The fourth-order valence-electron chi connectivity index (χ4n) is 3.25. The number of pyridine rings is 1. The lowest BCUT2D eigenvalue weighted by molar-refractivity contribution is 0.102. The molecule has 0 fully saturated rings. The van der Waals surface area contributed by atoms with Crippen LogP contribution >= 0.6 is 0 Å². The summed E-state index contributed by atoms with van der Waals surface area (Å²) in [5.74, 6) is 1.15. The molecule has 1 N–H and O–H groups in total. The number of nitrogens with one attached hydrogen (secondary N) is 1. The number of carbonyl (C=O) groups is 1. The van der Waals surface area contributed by atoms with E-state index in [0.717, 1.165) is 16.8 Å². The van der Waals surface area contributed by atoms with Crippen molar-refractivity contribution in [3.63, 3.8) is 0 Å². The van der Waals surface area contributed by atoms with Crippen LogP contribution < -0.4 is 10.1 Å². The Morgan fingerprint density at radius 1 is 0.969 bits per heavy atom. The molecule has 2 aromatic heterocycles. The summed E-state index contributed by atoms with van der Waals surface area (Å²) in [5, 5.41) is 2.97. The topological polar surface area (TPSA) is 77.0 Å². The number of aromatic nitrogens is 3. The van der Waals surface area contributed by atoms with Crippen LogP contribution in [0.3, 0.4) is 0 Å². The molecular formula is C26H24N4O2. The van der Waals surface area contributed by atoms with Crippen molar-refractivity contribution in [3.8, 4) is 22.9 Å². The Morgan fingerprint density at radius 3 is 2.62 bits per heavy atom. The molecule has 0 bridgehead atoms. The summed E-state index contributed by atoms with van der Waals surface area (Å²) in [5.41, 5.74) is 4.78. The van der Waals surface area contributed by atoms with Crippen LogP contribution in [0.5, 0.6) is 11.6 Å². The standard InChI is InChI=1S/C26H24N4O2/c1-17(2)19-6-4-7-21(14-19)30-25(31)20-10-9-18(3)24(15-20)32-26-22(8-5-12-28-26)23-11-13-27-16-29-23/h4-17H,1-3H3,(H,30,31). The number of hydrogen-bond donors (Lipinski definition) is 1. The molecule has 2 heterocycles. The molecule has 0 aliphatic heterocycles. The minimum atomic E-state index is -0.201. The zero-order valence-electron chi connectivity index (χ0n) is 18.2. The van der Waals surface area contributed by atoms with Crippen LogP contribution in [0.15, 0.2) is 79.4 Å². The van der Waals surface area contributed by atoms with E-state index in [9.17, 15) is 4.79 Å². The summed E-state index contributed by atoms with van der Waals surface area (Å²) < 4.78 is 6.13. The predicted molar refractivity (Wildman–Crippen MR) is 125 cm³/mol. The number of rotatable bonds is 6. The first kappa shape index (κ1) is 21.2. The lowest BCUT2D eigenvalue weighted by Gasteiger charge is -2.13. The summed E-state index contributed by atoms with van der Waals surface area (Å²) >= 11 is 0. The normalized spacial score (nSPS) is 10.8. The van der Waals surface area contributed by atoms with E-state index in [4.69, 9.17) is 4.74 Å². The maximum atomic E-state index is 12.9. The Labute approximate surface area is 187 Å². The van der Waals surface area contributed by atoms with E-state index in [-0.39, 0.29) is 5.91 Å². The van der Waals surface area contributed by atoms with Crippen LogP contribution in [-0.4, -0.2) is 20.9 Å². The monoisotopic (exact) mass is 424 g/mol. The molecule has 6 nitrogen and oxygen atoms in total. The SMILES string of the molecule is Cc1ccc(C(=O)Nc2cccc(C(C)C)c2)cc1Oc1ncccc1-c1ccncn1. The van der Waals surface area contributed by atoms with Gasteiger partial charge in [0.05, 0.1) is 11.3 Å². The molecule has 1 amide bonds. The van der Waals surface area contributed by atoms with E-state index in [0.29, 0.717) is 28.8 Å². The van der Waals surface area contributed by atoms with Crippen LogP contribution in [0.4, 0.5) is 5.69 Å². The van der Waals surface area contributed by atoms with Crippen molar-refractivity contribution in [1.29, 1.82) is 0 Å². The van der Waals surface area contributed by atoms with Gasteiger partial charge < -0.3 is 10.1 Å². The lowest BCUT2D eigenvalue weighted by atomic mass is 10.0. The molecule has 4 aromatic rings. The number of nitrogens with zero attached hydrogens (tertiary/aromatic N) is 3. The number of carbonyl (C=O) groups excluding carboxylic acids is 1. The first-order valence-electron chi connectivity index (χ1n) is 10.4. The summed E-state index contributed by atoms with van der Waals surface area (Å²) in [6, 6.07) is 18.8. The molecule has 6 heteroatoms. The molecule has 0 unspecified atom stereocenters. The highest BCUT2D eigenvalue weighted by molar-refractivity contribution is 6.04. The van der Waals surface area contributed by atoms with Gasteiger partial charge in [0.1, 0.15) is 12.1 Å². The minimum absolute atomic E-state index is 0.201. The van der Waals surface area contributed by atoms with E-state index in [1.807, 2.05) is 43.3 Å². The zero-order chi connectivity index (χ0) is 22.5. The second-order valence-electron chi connectivity index (χ2n) is 7.77. The van der Waals surface area contributed by atoms with Gasteiger partial charge in [-0.2, -0.15) is 0 Å². The van der Waals surface area contributed by atoms with Crippen molar-refractivity contribution in [2.75, 3.05) is 5.32 Å². The molecule has 0 radical (unpaired) electrons. The molecule has 0 aliphatic rings. The summed E-state index contributed by atoms with van der Waals surface area (Å²) in [7, 11) is 0. The maximum absolute atomic E-state index is 12.9. The molecule has 160 valence electrons. The zero-order valence-corrected chi connectivity index (χ0v) is 18.2. The number of hydrogen-bond acceptors (Lipinski definition) is 5. The highest BCUT2D eigenvalue weighted by Crippen LogP contribution is 2.32. The average Bonchev–Trinajstić information content (AvgIpc) is 2.81. The molecule has 4 rings (SSSR count). The molecule has 0 spiro atoms. The van der Waals surface area contributed by atoms with Gasteiger partial charge in [0.15, 0.2) is 0 Å². The first-order chi connectivity index (χ1) is 15.5. The third kappa shape index (κ3) is 4.81. The quantitative estimate of drug-likeness (QED) is 0.410. The van der Waals surface area contributed by atoms with Gasteiger partial charge in [-0.1, -0.05) is 32.0 Å². The molecule has 32 heavy (non-hydrogen) atoms. The van der Waals surface area contributed by atoms with Gasteiger partial charge in [-0.05, 0) is 66.4 Å². The molecule has 0 atom stereocenters. The molecule has 2 aromatic carbocycles. The van der Waals surface area contributed by atoms with E-state index in [2.05, 4.69) is 40.2 Å². The van der Waals surface area contributed by atoms with Gasteiger partial charge in [0.2, 0.25) is 5.88 Å². The Morgan fingerprint density at radius 2 is 1.84 bits per heavy atom. The van der Waals surface area contributed by atoms with Crippen molar-refractivity contribution in [1.82, 2.24) is 15.0 Å². The molecule has 0 aliphatic carbocycles. The van der Waals surface area contributed by atoms with Gasteiger partial charge in [0, 0.05) is 23.6 Å². The highest BCUT2D eigenvalue weighted by Gasteiger charge is 2.14. The van der Waals surface area contributed by atoms with E-state index in [1.165, 1.54) is 11.9 Å². The number of amides is 1. The Bertz CT molecular complexity index is 1240. The van der Waals surface area contributed by atoms with Crippen LogP contribution in [-0.2, 0) is 0 Å². The minimum Gasteiger partial charge on any atom is -0.438 e. The summed E-state index contributed by atoms with van der Waals surface area (Å²) in [6.07, 6.45) is 4.81. The second kappa shape index (κ2) is 9.39. The predicted octanol–water partition coefficient (Wildman–Crippen LogP) is 6.02. The lowest BCUT2D eigenvalue weighted by Crippen LogP contribution is -2.12. The Kier molecular flexibility index (Phi) is 6.22. The van der Waals surface area contributed by atoms with Crippen molar-refractivity contribution < 1.29 is 9.53 Å². The molecular weight excluding hydrogens is 400 g/mol. The van der Waals surface area contributed by atoms with E-state index < -0.39 is 0 Å².